The summed E-state index contributed by atoms with van der Waals surface area (Å²) >= 11 is 3.57. The zero-order chi connectivity index (χ0) is 12.8. The van der Waals surface area contributed by atoms with Gasteiger partial charge >= 0.3 is 0 Å². The molecule has 0 aromatic heterocycles. The lowest BCUT2D eigenvalue weighted by molar-refractivity contribution is 0.00915. The van der Waals surface area contributed by atoms with Crippen molar-refractivity contribution < 1.29 is 4.74 Å². The summed E-state index contributed by atoms with van der Waals surface area (Å²) in [5.74, 6) is 0. The molecule has 3 heteroatoms. The number of benzene rings is 1. The van der Waals surface area contributed by atoms with Gasteiger partial charge in [0.1, 0.15) is 0 Å². The summed E-state index contributed by atoms with van der Waals surface area (Å²) in [6, 6.07) is 8.55. The second kappa shape index (κ2) is 7.27. The molecule has 18 heavy (non-hydrogen) atoms. The minimum Gasteiger partial charge on any atom is -0.378 e. The average molecular weight is 312 g/mol. The van der Waals surface area contributed by atoms with Crippen molar-refractivity contribution in [3.8, 4) is 0 Å². The molecule has 1 aliphatic rings. The number of rotatable bonds is 5. The molecule has 2 unspecified atom stereocenters. The molecule has 2 nitrogen and oxygen atoms in total. The summed E-state index contributed by atoms with van der Waals surface area (Å²) in [5, 5.41) is 0. The largest absolute Gasteiger partial charge is 0.378 e. The zero-order valence-corrected chi connectivity index (χ0v) is 12.4. The molecule has 2 atom stereocenters. The van der Waals surface area contributed by atoms with Crippen LogP contribution in [0.2, 0.25) is 0 Å². The molecule has 0 aliphatic carbocycles. The second-order valence-corrected chi connectivity index (χ2v) is 5.98. The lowest BCUT2D eigenvalue weighted by atomic mass is 9.98. The Bertz CT molecular complexity index is 363. The molecule has 2 rings (SSSR count). The maximum Gasteiger partial charge on any atom is 0.0575 e. The van der Waals surface area contributed by atoms with Crippen LogP contribution in [-0.2, 0) is 11.2 Å². The van der Waals surface area contributed by atoms with Gasteiger partial charge in [-0.25, -0.2) is 0 Å². The second-order valence-electron chi connectivity index (χ2n) is 5.12. The molecule has 0 spiro atoms. The summed E-state index contributed by atoms with van der Waals surface area (Å²) in [6.07, 6.45) is 7.28. The van der Waals surface area contributed by atoms with E-state index in [1.807, 2.05) is 6.07 Å². The molecule has 1 heterocycles. The van der Waals surface area contributed by atoms with Gasteiger partial charge in [0.25, 0.3) is 0 Å². The average Bonchev–Trinajstić information content (AvgIpc) is 2.40. The number of nitrogens with two attached hydrogens (primary N) is 1. The Kier molecular flexibility index (Phi) is 5.67. The van der Waals surface area contributed by atoms with Gasteiger partial charge in [0.05, 0.1) is 6.10 Å². The Morgan fingerprint density at radius 2 is 2.17 bits per heavy atom. The van der Waals surface area contributed by atoms with Gasteiger partial charge in [-0.05, 0) is 50.2 Å². The molecule has 2 N–H and O–H groups in total. The Morgan fingerprint density at radius 3 is 2.89 bits per heavy atom. The summed E-state index contributed by atoms with van der Waals surface area (Å²) < 4.78 is 6.90. The van der Waals surface area contributed by atoms with Crippen molar-refractivity contribution in [3.63, 3.8) is 0 Å². The van der Waals surface area contributed by atoms with E-state index in [4.69, 9.17) is 10.5 Å². The lowest BCUT2D eigenvalue weighted by Crippen LogP contribution is -2.27. The van der Waals surface area contributed by atoms with E-state index in [1.165, 1.54) is 24.8 Å². The number of hydrogen-bond acceptors (Lipinski definition) is 2. The Balaban J connectivity index is 1.74. The topological polar surface area (TPSA) is 35.2 Å². The highest BCUT2D eigenvalue weighted by atomic mass is 79.9. The molecule has 0 radical (unpaired) electrons. The van der Waals surface area contributed by atoms with Crippen LogP contribution in [0, 0.1) is 0 Å². The van der Waals surface area contributed by atoms with Crippen LogP contribution in [0.25, 0.3) is 0 Å². The van der Waals surface area contributed by atoms with Gasteiger partial charge < -0.3 is 10.5 Å². The zero-order valence-electron chi connectivity index (χ0n) is 10.8. The Morgan fingerprint density at radius 1 is 1.33 bits per heavy atom. The SMILES string of the molecule is NC(CCC1CCCCO1)Cc1ccccc1Br. The smallest absolute Gasteiger partial charge is 0.0575 e. The monoisotopic (exact) mass is 311 g/mol. The first-order valence-electron chi connectivity index (χ1n) is 6.86. The Hall–Kier alpha value is -0.380. The summed E-state index contributed by atoms with van der Waals surface area (Å²) in [6.45, 7) is 0.935. The number of halogens is 1. The van der Waals surface area contributed by atoms with Gasteiger partial charge in [0.15, 0.2) is 0 Å². The standard InChI is InChI=1S/C15H22BrNO/c16-15-7-2-1-5-12(15)11-13(17)8-9-14-6-3-4-10-18-14/h1-2,5,7,13-14H,3-4,6,8-11,17H2. The third kappa shape index (κ3) is 4.38. The van der Waals surface area contributed by atoms with Gasteiger partial charge in [0, 0.05) is 17.1 Å². The van der Waals surface area contributed by atoms with Crippen molar-refractivity contribution in [2.45, 2.75) is 50.7 Å². The van der Waals surface area contributed by atoms with Gasteiger partial charge in [-0.1, -0.05) is 34.1 Å². The highest BCUT2D eigenvalue weighted by molar-refractivity contribution is 9.10. The van der Waals surface area contributed by atoms with E-state index in [2.05, 4.69) is 34.1 Å². The maximum atomic E-state index is 6.22. The van der Waals surface area contributed by atoms with Crippen molar-refractivity contribution in [1.29, 1.82) is 0 Å². The molecule has 0 saturated carbocycles. The molecule has 1 fully saturated rings. The van der Waals surface area contributed by atoms with Gasteiger partial charge in [0.2, 0.25) is 0 Å². The van der Waals surface area contributed by atoms with E-state index in [0.717, 1.165) is 30.3 Å². The minimum absolute atomic E-state index is 0.231. The van der Waals surface area contributed by atoms with Crippen LogP contribution in [0.3, 0.4) is 0 Å². The fourth-order valence-corrected chi connectivity index (χ4v) is 2.93. The first-order chi connectivity index (χ1) is 8.75. The first-order valence-corrected chi connectivity index (χ1v) is 7.65. The van der Waals surface area contributed by atoms with Crippen LogP contribution in [0.4, 0.5) is 0 Å². The van der Waals surface area contributed by atoms with Crippen LogP contribution in [0.1, 0.15) is 37.7 Å². The molecule has 0 bridgehead atoms. The van der Waals surface area contributed by atoms with Gasteiger partial charge in [-0.2, -0.15) is 0 Å². The molecular weight excluding hydrogens is 290 g/mol. The third-order valence-electron chi connectivity index (χ3n) is 3.57. The fraction of sp³-hybridized carbons (Fsp3) is 0.600. The van der Waals surface area contributed by atoms with Crippen molar-refractivity contribution in [2.75, 3.05) is 6.61 Å². The van der Waals surface area contributed by atoms with E-state index in [1.54, 1.807) is 0 Å². The maximum absolute atomic E-state index is 6.22. The highest BCUT2D eigenvalue weighted by Crippen LogP contribution is 2.21. The van der Waals surface area contributed by atoms with Crippen LogP contribution in [0.15, 0.2) is 28.7 Å². The summed E-state index contributed by atoms with van der Waals surface area (Å²) in [5.41, 5.74) is 7.52. The lowest BCUT2D eigenvalue weighted by Gasteiger charge is -2.23. The van der Waals surface area contributed by atoms with E-state index in [-0.39, 0.29) is 6.04 Å². The predicted molar refractivity (Wildman–Crippen MR) is 78.6 cm³/mol. The molecular formula is C15H22BrNO. The number of hydrogen-bond donors (Lipinski definition) is 1. The van der Waals surface area contributed by atoms with E-state index in [0.29, 0.717) is 6.10 Å². The van der Waals surface area contributed by atoms with Crippen LogP contribution in [0.5, 0.6) is 0 Å². The van der Waals surface area contributed by atoms with Crippen LogP contribution in [-0.4, -0.2) is 18.8 Å². The van der Waals surface area contributed by atoms with Gasteiger partial charge in [-0.15, -0.1) is 0 Å². The first kappa shape index (κ1) is 14.0. The molecule has 1 aromatic rings. The van der Waals surface area contributed by atoms with E-state index in [9.17, 15) is 0 Å². The fourth-order valence-electron chi connectivity index (χ4n) is 2.48. The van der Waals surface area contributed by atoms with Gasteiger partial charge in [-0.3, -0.25) is 0 Å². The quantitative estimate of drug-likeness (QED) is 0.900. The molecule has 0 amide bonds. The van der Waals surface area contributed by atoms with Crippen molar-refractivity contribution >= 4 is 15.9 Å². The summed E-state index contributed by atoms with van der Waals surface area (Å²) in [4.78, 5) is 0. The molecule has 1 aromatic carbocycles. The minimum atomic E-state index is 0.231. The highest BCUT2D eigenvalue weighted by Gasteiger charge is 2.15. The third-order valence-corrected chi connectivity index (χ3v) is 4.35. The normalized spacial score (nSPS) is 21.8. The molecule has 1 saturated heterocycles. The predicted octanol–water partition coefficient (Wildman–Crippen LogP) is 3.67. The number of ether oxygens (including phenoxy) is 1. The van der Waals surface area contributed by atoms with Crippen molar-refractivity contribution in [3.05, 3.63) is 34.3 Å². The Labute approximate surface area is 118 Å². The van der Waals surface area contributed by atoms with E-state index < -0.39 is 0 Å². The van der Waals surface area contributed by atoms with Crippen LogP contribution >= 0.6 is 15.9 Å². The summed E-state index contributed by atoms with van der Waals surface area (Å²) in [7, 11) is 0. The molecule has 1 aliphatic heterocycles. The molecule has 100 valence electrons. The van der Waals surface area contributed by atoms with E-state index >= 15 is 0 Å². The van der Waals surface area contributed by atoms with Crippen LogP contribution < -0.4 is 5.73 Å². The van der Waals surface area contributed by atoms with Crippen molar-refractivity contribution in [2.24, 2.45) is 5.73 Å². The van der Waals surface area contributed by atoms with Crippen molar-refractivity contribution in [1.82, 2.24) is 0 Å².